The molecule has 2 N–H and O–H groups in total. The Kier molecular flexibility index (Phi) is 19.4. The summed E-state index contributed by atoms with van der Waals surface area (Å²) in [7, 11) is 0. The van der Waals surface area contributed by atoms with Gasteiger partial charge in [-0.3, -0.25) is 0 Å². The summed E-state index contributed by atoms with van der Waals surface area (Å²) in [6.45, 7) is 4.50. The molecular formula is C36H54Cl2N2O2. The Labute approximate surface area is 265 Å². The number of phenols is 2. The zero-order chi connectivity index (χ0) is 30.4. The van der Waals surface area contributed by atoms with Crippen molar-refractivity contribution in [1.29, 1.82) is 0 Å². The number of benzene rings is 2. The van der Waals surface area contributed by atoms with Gasteiger partial charge < -0.3 is 10.2 Å². The summed E-state index contributed by atoms with van der Waals surface area (Å²) in [5.41, 5.74) is 2.65. The van der Waals surface area contributed by atoms with Crippen molar-refractivity contribution in [2.75, 3.05) is 0 Å². The Balaban J connectivity index is 2.13. The van der Waals surface area contributed by atoms with Crippen LogP contribution in [0.4, 0.5) is 0 Å². The van der Waals surface area contributed by atoms with Crippen LogP contribution in [0.1, 0.15) is 153 Å². The van der Waals surface area contributed by atoms with Crippen LogP contribution in [0.3, 0.4) is 0 Å². The molecule has 2 rings (SSSR count). The standard InChI is InChI=1S/C36H54Cl2N2O2/c1-3-5-7-9-11-13-15-17-19-21-33(31-27-29(37)23-25-35(31)41)39-40-34(32-28-30(38)24-26-36(32)42)22-20-18-16-14-12-10-8-6-4-2/h23-28,41-42H,3-22H2,1-2H3. The fourth-order valence-corrected chi connectivity index (χ4v) is 5.63. The van der Waals surface area contributed by atoms with Crippen LogP contribution in [0.2, 0.25) is 10.0 Å². The molecule has 2 aromatic rings. The Morgan fingerprint density at radius 2 is 0.810 bits per heavy atom. The van der Waals surface area contributed by atoms with E-state index in [4.69, 9.17) is 33.4 Å². The monoisotopic (exact) mass is 616 g/mol. The van der Waals surface area contributed by atoms with Crippen LogP contribution < -0.4 is 0 Å². The van der Waals surface area contributed by atoms with Crippen LogP contribution in [-0.2, 0) is 0 Å². The molecule has 2 aromatic carbocycles. The third kappa shape index (κ3) is 14.9. The zero-order valence-electron chi connectivity index (χ0n) is 26.2. The highest BCUT2D eigenvalue weighted by atomic mass is 35.5. The molecular weight excluding hydrogens is 563 g/mol. The summed E-state index contributed by atoms with van der Waals surface area (Å²) < 4.78 is 0. The van der Waals surface area contributed by atoms with E-state index in [2.05, 4.69) is 13.8 Å². The molecule has 0 aliphatic heterocycles. The number of rotatable bonds is 23. The second-order valence-electron chi connectivity index (χ2n) is 11.6. The molecule has 0 saturated carbocycles. The van der Waals surface area contributed by atoms with Crippen molar-refractivity contribution in [3.8, 4) is 11.5 Å². The lowest BCUT2D eigenvalue weighted by atomic mass is 10.0. The fourth-order valence-electron chi connectivity index (χ4n) is 5.28. The first-order chi connectivity index (χ1) is 20.5. The predicted molar refractivity (Wildman–Crippen MR) is 183 cm³/mol. The first-order valence-electron chi connectivity index (χ1n) is 16.6. The highest BCUT2D eigenvalue weighted by Gasteiger charge is 2.13. The molecule has 0 radical (unpaired) electrons. The molecule has 0 heterocycles. The van der Waals surface area contributed by atoms with Crippen LogP contribution in [0.25, 0.3) is 0 Å². The van der Waals surface area contributed by atoms with Crippen molar-refractivity contribution in [3.63, 3.8) is 0 Å². The smallest absolute Gasteiger partial charge is 0.124 e. The highest BCUT2D eigenvalue weighted by Crippen LogP contribution is 2.27. The van der Waals surface area contributed by atoms with E-state index in [1.807, 2.05) is 0 Å². The molecule has 234 valence electrons. The minimum absolute atomic E-state index is 0.148. The molecule has 0 amide bonds. The maximum Gasteiger partial charge on any atom is 0.124 e. The third-order valence-electron chi connectivity index (χ3n) is 7.86. The molecule has 0 saturated heterocycles. The molecule has 4 nitrogen and oxygen atoms in total. The van der Waals surface area contributed by atoms with Crippen LogP contribution >= 0.6 is 23.2 Å². The zero-order valence-corrected chi connectivity index (χ0v) is 27.7. The molecule has 6 heteroatoms. The van der Waals surface area contributed by atoms with E-state index in [9.17, 15) is 10.2 Å². The Bertz CT molecular complexity index is 999. The molecule has 0 aliphatic carbocycles. The average molecular weight is 618 g/mol. The average Bonchev–Trinajstić information content (AvgIpc) is 2.98. The van der Waals surface area contributed by atoms with Gasteiger partial charge in [-0.15, -0.1) is 0 Å². The van der Waals surface area contributed by atoms with Crippen LogP contribution in [-0.4, -0.2) is 21.6 Å². The van der Waals surface area contributed by atoms with Gasteiger partial charge >= 0.3 is 0 Å². The number of halogens is 2. The molecule has 0 aliphatic rings. The summed E-state index contributed by atoms with van der Waals surface area (Å²) in [5.74, 6) is 0.297. The van der Waals surface area contributed by atoms with Gasteiger partial charge in [-0.1, -0.05) is 140 Å². The van der Waals surface area contributed by atoms with Crippen molar-refractivity contribution in [3.05, 3.63) is 57.6 Å². The van der Waals surface area contributed by atoms with Crippen molar-refractivity contribution < 1.29 is 10.2 Å². The molecule has 0 fully saturated rings. The van der Waals surface area contributed by atoms with E-state index in [1.165, 1.54) is 89.9 Å². The largest absolute Gasteiger partial charge is 0.507 e. The molecule has 0 atom stereocenters. The number of nitrogens with zero attached hydrogens (tertiary/aromatic N) is 2. The Morgan fingerprint density at radius 3 is 1.14 bits per heavy atom. The van der Waals surface area contributed by atoms with E-state index >= 15 is 0 Å². The predicted octanol–water partition coefficient (Wildman–Crippen LogP) is 12.4. The molecule has 0 unspecified atom stereocenters. The van der Waals surface area contributed by atoms with Crippen molar-refractivity contribution in [2.24, 2.45) is 10.2 Å². The van der Waals surface area contributed by atoms with Gasteiger partial charge in [-0.2, -0.15) is 10.2 Å². The molecule has 0 spiro atoms. The SMILES string of the molecule is CCCCCCCCCCCC(=NN=C(CCCCCCCCCCC)c1cc(Cl)ccc1O)c1cc(Cl)ccc1O. The first kappa shape index (κ1) is 36.2. The summed E-state index contributed by atoms with van der Waals surface area (Å²) in [5, 5.41) is 31.8. The van der Waals surface area contributed by atoms with Crippen LogP contribution in [0.15, 0.2) is 46.6 Å². The second-order valence-corrected chi connectivity index (χ2v) is 12.4. The van der Waals surface area contributed by atoms with Gasteiger partial charge in [0.2, 0.25) is 0 Å². The van der Waals surface area contributed by atoms with E-state index < -0.39 is 0 Å². The minimum Gasteiger partial charge on any atom is -0.507 e. The Hall–Kier alpha value is -2.04. The van der Waals surface area contributed by atoms with E-state index in [0.29, 0.717) is 45.4 Å². The highest BCUT2D eigenvalue weighted by molar-refractivity contribution is 6.31. The summed E-state index contributed by atoms with van der Waals surface area (Å²) in [4.78, 5) is 0. The van der Waals surface area contributed by atoms with Crippen LogP contribution in [0.5, 0.6) is 11.5 Å². The van der Waals surface area contributed by atoms with E-state index in [1.54, 1.807) is 36.4 Å². The topological polar surface area (TPSA) is 65.2 Å². The number of hydrogen-bond donors (Lipinski definition) is 2. The lowest BCUT2D eigenvalue weighted by Gasteiger charge is -2.11. The first-order valence-corrected chi connectivity index (χ1v) is 17.3. The maximum absolute atomic E-state index is 10.7. The van der Waals surface area contributed by atoms with Gasteiger partial charge in [-0.25, -0.2) is 0 Å². The quantitative estimate of drug-likeness (QED) is 0.0740. The second kappa shape index (κ2) is 22.5. The van der Waals surface area contributed by atoms with E-state index in [-0.39, 0.29) is 11.5 Å². The minimum atomic E-state index is 0.148. The molecule has 0 aromatic heterocycles. The fraction of sp³-hybridized carbons (Fsp3) is 0.611. The summed E-state index contributed by atoms with van der Waals surface area (Å²) >= 11 is 12.6. The maximum atomic E-state index is 10.7. The van der Waals surface area contributed by atoms with Gasteiger partial charge in [0.1, 0.15) is 11.5 Å². The molecule has 42 heavy (non-hydrogen) atoms. The lowest BCUT2D eigenvalue weighted by molar-refractivity contribution is 0.473. The van der Waals surface area contributed by atoms with Crippen molar-refractivity contribution in [2.45, 2.75) is 142 Å². The number of phenolic OH excluding ortho intramolecular Hbond substituents is 2. The number of aromatic hydroxyl groups is 2. The van der Waals surface area contributed by atoms with Crippen molar-refractivity contribution in [1.82, 2.24) is 0 Å². The van der Waals surface area contributed by atoms with Gasteiger partial charge in [-0.05, 0) is 62.1 Å². The number of hydrogen-bond acceptors (Lipinski definition) is 4. The third-order valence-corrected chi connectivity index (χ3v) is 8.33. The van der Waals surface area contributed by atoms with E-state index in [0.717, 1.165) is 25.7 Å². The van der Waals surface area contributed by atoms with Gasteiger partial charge in [0.05, 0.1) is 11.4 Å². The number of unbranched alkanes of at least 4 members (excludes halogenated alkanes) is 16. The van der Waals surface area contributed by atoms with Gasteiger partial charge in [0, 0.05) is 21.2 Å². The normalized spacial score (nSPS) is 12.3. The molecule has 0 bridgehead atoms. The summed E-state index contributed by atoms with van der Waals surface area (Å²) in [6, 6.07) is 10.1. The van der Waals surface area contributed by atoms with Crippen molar-refractivity contribution >= 4 is 34.6 Å². The van der Waals surface area contributed by atoms with Gasteiger partial charge in [0.25, 0.3) is 0 Å². The Morgan fingerprint density at radius 1 is 0.500 bits per heavy atom. The van der Waals surface area contributed by atoms with Crippen LogP contribution in [0, 0.1) is 0 Å². The van der Waals surface area contributed by atoms with Gasteiger partial charge in [0.15, 0.2) is 0 Å². The summed E-state index contributed by atoms with van der Waals surface area (Å²) in [6.07, 6.45) is 23.6. The lowest BCUT2D eigenvalue weighted by Crippen LogP contribution is -2.05.